The lowest BCUT2D eigenvalue weighted by Gasteiger charge is -2.29. The van der Waals surface area contributed by atoms with E-state index in [4.69, 9.17) is 0 Å². The van der Waals surface area contributed by atoms with E-state index in [2.05, 4.69) is 22.5 Å². The Morgan fingerprint density at radius 1 is 1.26 bits per heavy atom. The van der Waals surface area contributed by atoms with Crippen molar-refractivity contribution in [2.24, 2.45) is 0 Å². The maximum atomic E-state index is 13.1. The van der Waals surface area contributed by atoms with Gasteiger partial charge in [0.2, 0.25) is 10.0 Å². The molecule has 7 nitrogen and oxygen atoms in total. The van der Waals surface area contributed by atoms with Gasteiger partial charge in [-0.05, 0) is 57.4 Å². The number of anilines is 1. The average Bonchev–Trinajstić information content (AvgIpc) is 3.15. The van der Waals surface area contributed by atoms with E-state index >= 15 is 0 Å². The summed E-state index contributed by atoms with van der Waals surface area (Å²) in [4.78, 5) is 15.4. The molecule has 1 amide bonds. The van der Waals surface area contributed by atoms with Crippen molar-refractivity contribution in [1.82, 2.24) is 14.9 Å². The molecular formula is C19H30N4O3S. The summed E-state index contributed by atoms with van der Waals surface area (Å²) in [6, 6.07) is 5.38. The number of hydrogen-bond donors (Lipinski definition) is 2. The second-order valence-electron chi connectivity index (χ2n) is 7.71. The lowest BCUT2D eigenvalue weighted by molar-refractivity contribution is 0.0926. The van der Waals surface area contributed by atoms with Crippen LogP contribution in [0.25, 0.3) is 0 Å². The first-order valence-electron chi connectivity index (χ1n) is 9.65. The molecule has 150 valence electrons. The highest BCUT2D eigenvalue weighted by atomic mass is 32.2. The molecule has 2 aliphatic rings. The Labute approximate surface area is 162 Å². The maximum Gasteiger partial charge on any atom is 0.253 e. The minimum Gasteiger partial charge on any atom is -0.371 e. The summed E-state index contributed by atoms with van der Waals surface area (Å²) in [6.07, 6.45) is 3.93. The van der Waals surface area contributed by atoms with Gasteiger partial charge in [-0.1, -0.05) is 0 Å². The molecule has 1 aromatic rings. The number of rotatable bonds is 5. The van der Waals surface area contributed by atoms with Gasteiger partial charge in [0.1, 0.15) is 0 Å². The number of carbonyl (C=O) groups excluding carboxylic acids is 1. The molecule has 0 spiro atoms. The third-order valence-electron chi connectivity index (χ3n) is 5.40. The van der Waals surface area contributed by atoms with Crippen LogP contribution in [0.5, 0.6) is 0 Å². The molecule has 0 aliphatic carbocycles. The van der Waals surface area contributed by atoms with Crippen molar-refractivity contribution in [1.29, 1.82) is 0 Å². The largest absolute Gasteiger partial charge is 0.371 e. The molecule has 2 unspecified atom stereocenters. The van der Waals surface area contributed by atoms with E-state index in [1.54, 1.807) is 12.1 Å². The van der Waals surface area contributed by atoms with Crippen LogP contribution in [0.1, 0.15) is 43.0 Å². The van der Waals surface area contributed by atoms with Crippen LogP contribution in [-0.4, -0.2) is 64.4 Å². The Hall–Kier alpha value is -1.64. The van der Waals surface area contributed by atoms with E-state index in [1.807, 2.05) is 0 Å². The SMILES string of the molecule is CC1CC(NC(=O)c2cc(S(=O)(=O)N(C)C)ccc2N2CCCC2)CCN1. The van der Waals surface area contributed by atoms with Gasteiger partial charge in [0.25, 0.3) is 5.91 Å². The molecule has 27 heavy (non-hydrogen) atoms. The summed E-state index contributed by atoms with van der Waals surface area (Å²) in [7, 11) is -0.590. The molecule has 0 radical (unpaired) electrons. The van der Waals surface area contributed by atoms with Gasteiger partial charge in [0.15, 0.2) is 0 Å². The third kappa shape index (κ3) is 4.44. The zero-order chi connectivity index (χ0) is 19.6. The lowest BCUT2D eigenvalue weighted by Crippen LogP contribution is -2.46. The number of benzene rings is 1. The van der Waals surface area contributed by atoms with Gasteiger partial charge in [0.05, 0.1) is 10.5 Å². The molecule has 2 saturated heterocycles. The molecule has 3 rings (SSSR count). The second kappa shape index (κ2) is 8.16. The third-order valence-corrected chi connectivity index (χ3v) is 7.21. The molecule has 2 fully saturated rings. The fraction of sp³-hybridized carbons (Fsp3) is 0.632. The number of nitrogens with zero attached hydrogens (tertiary/aromatic N) is 2. The van der Waals surface area contributed by atoms with E-state index in [1.165, 1.54) is 24.5 Å². The first-order chi connectivity index (χ1) is 12.8. The highest BCUT2D eigenvalue weighted by Gasteiger charge is 2.26. The van der Waals surface area contributed by atoms with Gasteiger partial charge < -0.3 is 15.5 Å². The number of amides is 1. The van der Waals surface area contributed by atoms with Gasteiger partial charge in [-0.3, -0.25) is 4.79 Å². The van der Waals surface area contributed by atoms with E-state index in [-0.39, 0.29) is 16.8 Å². The Bertz CT molecular complexity index is 788. The number of nitrogens with one attached hydrogen (secondary N) is 2. The summed E-state index contributed by atoms with van der Waals surface area (Å²) in [5.74, 6) is -0.188. The fourth-order valence-electron chi connectivity index (χ4n) is 3.83. The summed E-state index contributed by atoms with van der Waals surface area (Å²) < 4.78 is 26.3. The van der Waals surface area contributed by atoms with Crippen molar-refractivity contribution in [3.05, 3.63) is 23.8 Å². The Balaban J connectivity index is 1.92. The summed E-state index contributed by atoms with van der Waals surface area (Å²) >= 11 is 0. The van der Waals surface area contributed by atoms with Crippen LogP contribution in [0.3, 0.4) is 0 Å². The first kappa shape index (κ1) is 20.1. The highest BCUT2D eigenvalue weighted by Crippen LogP contribution is 2.28. The summed E-state index contributed by atoms with van der Waals surface area (Å²) in [6.45, 7) is 4.77. The van der Waals surface area contributed by atoms with Crippen LogP contribution < -0.4 is 15.5 Å². The van der Waals surface area contributed by atoms with Crippen LogP contribution in [0, 0.1) is 0 Å². The standard InChI is InChI=1S/C19H30N4O3S/c1-14-12-15(8-9-20-14)21-19(24)17-13-16(27(25,26)22(2)3)6-7-18(17)23-10-4-5-11-23/h6-7,13-15,20H,4-5,8-12H2,1-3H3,(H,21,24). The van der Waals surface area contributed by atoms with Gasteiger partial charge >= 0.3 is 0 Å². The van der Waals surface area contributed by atoms with Gasteiger partial charge in [-0.2, -0.15) is 0 Å². The van der Waals surface area contributed by atoms with Crippen molar-refractivity contribution in [2.45, 2.75) is 49.6 Å². The van der Waals surface area contributed by atoms with Gasteiger partial charge in [-0.25, -0.2) is 12.7 Å². The predicted octanol–water partition coefficient (Wildman–Crippen LogP) is 1.41. The lowest BCUT2D eigenvalue weighted by atomic mass is 10.00. The van der Waals surface area contributed by atoms with Crippen LogP contribution in [0.15, 0.2) is 23.1 Å². The zero-order valence-electron chi connectivity index (χ0n) is 16.4. The molecule has 0 bridgehead atoms. The second-order valence-corrected chi connectivity index (χ2v) is 9.86. The van der Waals surface area contributed by atoms with Crippen molar-refractivity contribution in [3.8, 4) is 0 Å². The molecule has 0 aromatic heterocycles. The fourth-order valence-corrected chi connectivity index (χ4v) is 4.76. The van der Waals surface area contributed by atoms with Crippen LogP contribution in [-0.2, 0) is 10.0 Å². The van der Waals surface area contributed by atoms with E-state index in [0.717, 1.165) is 51.0 Å². The van der Waals surface area contributed by atoms with E-state index < -0.39 is 10.0 Å². The Kier molecular flexibility index (Phi) is 6.08. The van der Waals surface area contributed by atoms with Crippen molar-refractivity contribution in [2.75, 3.05) is 38.6 Å². The Morgan fingerprint density at radius 3 is 2.59 bits per heavy atom. The maximum absolute atomic E-state index is 13.1. The normalized spacial score (nSPS) is 23.6. The van der Waals surface area contributed by atoms with Gasteiger partial charge in [0, 0.05) is 45.0 Å². The summed E-state index contributed by atoms with van der Waals surface area (Å²) in [5.41, 5.74) is 1.27. The molecule has 2 atom stereocenters. The van der Waals surface area contributed by atoms with Gasteiger partial charge in [-0.15, -0.1) is 0 Å². The molecule has 2 heterocycles. The average molecular weight is 395 g/mol. The molecule has 8 heteroatoms. The summed E-state index contributed by atoms with van der Waals surface area (Å²) in [5, 5.41) is 6.50. The van der Waals surface area contributed by atoms with Crippen LogP contribution in [0.2, 0.25) is 0 Å². The molecule has 2 N–H and O–H groups in total. The van der Waals surface area contributed by atoms with Crippen molar-refractivity contribution in [3.63, 3.8) is 0 Å². The number of hydrogen-bond acceptors (Lipinski definition) is 5. The monoisotopic (exact) mass is 394 g/mol. The first-order valence-corrected chi connectivity index (χ1v) is 11.1. The minimum absolute atomic E-state index is 0.106. The number of carbonyl (C=O) groups is 1. The van der Waals surface area contributed by atoms with Crippen LogP contribution >= 0.6 is 0 Å². The van der Waals surface area contributed by atoms with E-state index in [9.17, 15) is 13.2 Å². The highest BCUT2D eigenvalue weighted by molar-refractivity contribution is 7.89. The van der Waals surface area contributed by atoms with Crippen molar-refractivity contribution < 1.29 is 13.2 Å². The van der Waals surface area contributed by atoms with E-state index in [0.29, 0.717) is 11.6 Å². The van der Waals surface area contributed by atoms with Crippen LogP contribution in [0.4, 0.5) is 5.69 Å². The molecular weight excluding hydrogens is 364 g/mol. The quantitative estimate of drug-likeness (QED) is 0.789. The molecule has 2 aliphatic heterocycles. The topological polar surface area (TPSA) is 81.8 Å². The number of sulfonamides is 1. The minimum atomic E-state index is -3.59. The molecule has 0 saturated carbocycles. The zero-order valence-corrected chi connectivity index (χ0v) is 17.2. The smallest absolute Gasteiger partial charge is 0.253 e. The predicted molar refractivity (Wildman–Crippen MR) is 107 cm³/mol. The molecule has 1 aromatic carbocycles. The Morgan fingerprint density at radius 2 is 1.96 bits per heavy atom. The number of piperidine rings is 1. The van der Waals surface area contributed by atoms with Crippen molar-refractivity contribution >= 4 is 21.6 Å².